The standard InChI is InChI=1S/C17H18ClNO2/c1-11(13-7-8-16-17(9-13)21-10-20-16)19-12(2)14-5-3-4-6-15(14)18/h3-9,11-12,19H,10H2,1-2H3. The fourth-order valence-corrected chi connectivity index (χ4v) is 2.87. The highest BCUT2D eigenvalue weighted by Gasteiger charge is 2.17. The molecule has 0 spiro atoms. The molecule has 0 saturated heterocycles. The average molecular weight is 304 g/mol. The molecule has 0 aromatic heterocycles. The predicted molar refractivity (Wildman–Crippen MR) is 84.0 cm³/mol. The van der Waals surface area contributed by atoms with Crippen LogP contribution < -0.4 is 14.8 Å². The van der Waals surface area contributed by atoms with E-state index in [0.29, 0.717) is 6.79 Å². The quantitative estimate of drug-likeness (QED) is 0.903. The number of rotatable bonds is 4. The van der Waals surface area contributed by atoms with E-state index in [2.05, 4.69) is 25.2 Å². The van der Waals surface area contributed by atoms with E-state index in [0.717, 1.165) is 27.6 Å². The molecule has 1 heterocycles. The maximum atomic E-state index is 6.25. The Morgan fingerprint density at radius 2 is 1.76 bits per heavy atom. The summed E-state index contributed by atoms with van der Waals surface area (Å²) in [5.74, 6) is 1.62. The molecule has 0 saturated carbocycles. The molecule has 21 heavy (non-hydrogen) atoms. The molecule has 1 aliphatic rings. The van der Waals surface area contributed by atoms with Crippen LogP contribution in [0.25, 0.3) is 0 Å². The molecule has 1 N–H and O–H groups in total. The van der Waals surface area contributed by atoms with Crippen molar-refractivity contribution in [3.05, 3.63) is 58.6 Å². The van der Waals surface area contributed by atoms with Crippen molar-refractivity contribution in [2.24, 2.45) is 0 Å². The van der Waals surface area contributed by atoms with Gasteiger partial charge in [-0.25, -0.2) is 0 Å². The molecule has 0 amide bonds. The second-order valence-corrected chi connectivity index (χ2v) is 5.65. The van der Waals surface area contributed by atoms with Gasteiger partial charge < -0.3 is 14.8 Å². The zero-order chi connectivity index (χ0) is 14.8. The molecular weight excluding hydrogens is 286 g/mol. The molecule has 2 unspecified atom stereocenters. The van der Waals surface area contributed by atoms with Gasteiger partial charge in [-0.1, -0.05) is 35.9 Å². The van der Waals surface area contributed by atoms with Crippen molar-refractivity contribution in [2.45, 2.75) is 25.9 Å². The Kier molecular flexibility index (Phi) is 4.04. The van der Waals surface area contributed by atoms with Crippen LogP contribution in [-0.2, 0) is 0 Å². The van der Waals surface area contributed by atoms with Crippen LogP contribution in [0.15, 0.2) is 42.5 Å². The van der Waals surface area contributed by atoms with Crippen LogP contribution in [0.2, 0.25) is 5.02 Å². The van der Waals surface area contributed by atoms with Crippen LogP contribution in [0.4, 0.5) is 0 Å². The number of nitrogens with one attached hydrogen (secondary N) is 1. The largest absolute Gasteiger partial charge is 0.454 e. The van der Waals surface area contributed by atoms with Crippen molar-refractivity contribution in [3.8, 4) is 11.5 Å². The Labute approximate surface area is 129 Å². The zero-order valence-corrected chi connectivity index (χ0v) is 12.9. The van der Waals surface area contributed by atoms with Crippen molar-refractivity contribution in [1.29, 1.82) is 0 Å². The van der Waals surface area contributed by atoms with Crippen molar-refractivity contribution in [2.75, 3.05) is 6.79 Å². The molecule has 3 nitrogen and oxygen atoms in total. The summed E-state index contributed by atoms with van der Waals surface area (Å²) in [6.45, 7) is 4.55. The van der Waals surface area contributed by atoms with Crippen LogP contribution in [-0.4, -0.2) is 6.79 Å². The number of halogens is 1. The third-order valence-electron chi connectivity index (χ3n) is 3.77. The van der Waals surface area contributed by atoms with Gasteiger partial charge in [-0.2, -0.15) is 0 Å². The number of hydrogen-bond acceptors (Lipinski definition) is 3. The zero-order valence-electron chi connectivity index (χ0n) is 12.1. The molecule has 2 aromatic carbocycles. The second-order valence-electron chi connectivity index (χ2n) is 5.24. The minimum absolute atomic E-state index is 0.166. The van der Waals surface area contributed by atoms with Gasteiger partial charge >= 0.3 is 0 Å². The van der Waals surface area contributed by atoms with E-state index in [-0.39, 0.29) is 12.1 Å². The van der Waals surface area contributed by atoms with E-state index < -0.39 is 0 Å². The second kappa shape index (κ2) is 5.96. The summed E-state index contributed by atoms with van der Waals surface area (Å²) >= 11 is 6.25. The van der Waals surface area contributed by atoms with Crippen molar-refractivity contribution in [3.63, 3.8) is 0 Å². The Balaban J connectivity index is 1.74. The van der Waals surface area contributed by atoms with E-state index >= 15 is 0 Å². The van der Waals surface area contributed by atoms with Crippen molar-refractivity contribution in [1.82, 2.24) is 5.32 Å². The van der Waals surface area contributed by atoms with Gasteiger partial charge in [-0.15, -0.1) is 0 Å². The Hall–Kier alpha value is -1.71. The predicted octanol–water partition coefficient (Wildman–Crippen LogP) is 4.48. The minimum Gasteiger partial charge on any atom is -0.454 e. The van der Waals surface area contributed by atoms with Gasteiger partial charge in [0.05, 0.1) is 0 Å². The van der Waals surface area contributed by atoms with E-state index in [1.165, 1.54) is 0 Å². The molecule has 1 aliphatic heterocycles. The lowest BCUT2D eigenvalue weighted by Gasteiger charge is -2.21. The Morgan fingerprint density at radius 3 is 2.57 bits per heavy atom. The van der Waals surface area contributed by atoms with E-state index in [4.69, 9.17) is 21.1 Å². The van der Waals surface area contributed by atoms with Crippen molar-refractivity contribution < 1.29 is 9.47 Å². The number of fused-ring (bicyclic) bond motifs is 1. The first-order valence-electron chi connectivity index (χ1n) is 7.05. The fraction of sp³-hybridized carbons (Fsp3) is 0.294. The van der Waals surface area contributed by atoms with Crippen LogP contribution >= 0.6 is 11.6 Å². The highest BCUT2D eigenvalue weighted by molar-refractivity contribution is 6.31. The van der Waals surface area contributed by atoms with Gasteiger partial charge in [-0.05, 0) is 43.2 Å². The SMILES string of the molecule is CC(NC(C)c1ccccc1Cl)c1ccc2c(c1)OCO2. The summed E-state index contributed by atoms with van der Waals surface area (Å²) in [5, 5.41) is 4.35. The first-order chi connectivity index (χ1) is 10.1. The molecule has 0 fully saturated rings. The lowest BCUT2D eigenvalue weighted by Crippen LogP contribution is -2.22. The first-order valence-corrected chi connectivity index (χ1v) is 7.43. The molecule has 4 heteroatoms. The topological polar surface area (TPSA) is 30.5 Å². The molecule has 3 rings (SSSR count). The lowest BCUT2D eigenvalue weighted by atomic mass is 10.0. The van der Waals surface area contributed by atoms with E-state index in [1.54, 1.807) is 0 Å². The summed E-state index contributed by atoms with van der Waals surface area (Å²) in [6.07, 6.45) is 0. The molecule has 2 atom stereocenters. The molecule has 2 aromatic rings. The molecule has 0 aliphatic carbocycles. The number of hydrogen-bond donors (Lipinski definition) is 1. The van der Waals surface area contributed by atoms with E-state index in [9.17, 15) is 0 Å². The third kappa shape index (κ3) is 2.99. The van der Waals surface area contributed by atoms with Gasteiger partial charge in [0, 0.05) is 17.1 Å². The van der Waals surface area contributed by atoms with Gasteiger partial charge in [0.25, 0.3) is 0 Å². The summed E-state index contributed by atoms with van der Waals surface area (Å²) in [4.78, 5) is 0. The monoisotopic (exact) mass is 303 g/mol. The van der Waals surface area contributed by atoms with Gasteiger partial charge in [0.15, 0.2) is 11.5 Å². The number of benzene rings is 2. The fourth-order valence-electron chi connectivity index (χ4n) is 2.57. The maximum absolute atomic E-state index is 6.25. The Bertz CT molecular complexity index is 644. The smallest absolute Gasteiger partial charge is 0.231 e. The highest BCUT2D eigenvalue weighted by Crippen LogP contribution is 2.34. The van der Waals surface area contributed by atoms with Gasteiger partial charge in [0.1, 0.15) is 0 Å². The van der Waals surface area contributed by atoms with E-state index in [1.807, 2.05) is 36.4 Å². The van der Waals surface area contributed by atoms with Crippen molar-refractivity contribution >= 4 is 11.6 Å². The van der Waals surface area contributed by atoms with Gasteiger partial charge in [-0.3, -0.25) is 0 Å². The normalized spacial score (nSPS) is 15.8. The summed E-state index contributed by atoms with van der Waals surface area (Å²) in [7, 11) is 0. The Morgan fingerprint density at radius 1 is 1.00 bits per heavy atom. The first kappa shape index (κ1) is 14.2. The third-order valence-corrected chi connectivity index (χ3v) is 4.11. The van der Waals surface area contributed by atoms with Crippen LogP contribution in [0.5, 0.6) is 11.5 Å². The van der Waals surface area contributed by atoms with Crippen LogP contribution in [0.1, 0.15) is 37.1 Å². The minimum atomic E-state index is 0.166. The van der Waals surface area contributed by atoms with Crippen LogP contribution in [0.3, 0.4) is 0 Å². The summed E-state index contributed by atoms with van der Waals surface area (Å²) < 4.78 is 10.8. The van der Waals surface area contributed by atoms with Gasteiger partial charge in [0.2, 0.25) is 6.79 Å². The molecule has 110 valence electrons. The summed E-state index contributed by atoms with van der Waals surface area (Å²) in [6, 6.07) is 14.3. The number of ether oxygens (including phenoxy) is 2. The summed E-state index contributed by atoms with van der Waals surface area (Å²) in [5.41, 5.74) is 2.27. The molecular formula is C17H18ClNO2. The van der Waals surface area contributed by atoms with Crippen LogP contribution in [0, 0.1) is 0 Å². The molecule has 0 bridgehead atoms. The maximum Gasteiger partial charge on any atom is 0.231 e. The molecule has 0 radical (unpaired) electrons. The highest BCUT2D eigenvalue weighted by atomic mass is 35.5. The average Bonchev–Trinajstić information content (AvgIpc) is 2.94. The lowest BCUT2D eigenvalue weighted by molar-refractivity contribution is 0.174.